The van der Waals surface area contributed by atoms with Gasteiger partial charge in [0.1, 0.15) is 0 Å². The van der Waals surface area contributed by atoms with E-state index in [4.69, 9.17) is 11.6 Å². The molecule has 0 radical (unpaired) electrons. The van der Waals surface area contributed by atoms with Gasteiger partial charge in [-0.2, -0.15) is 0 Å². The standard InChI is InChI=1S/C14H13ClN4S/c15-11-4-2-1-3-10(11)12-8-19-14(17-12)20-13(18-19)16-7-9-5-6-9/h1-4,8-9H,5-7H2,(H,16,18). The van der Waals surface area contributed by atoms with Gasteiger partial charge < -0.3 is 5.32 Å². The summed E-state index contributed by atoms with van der Waals surface area (Å²) in [5, 5.41) is 9.53. The van der Waals surface area contributed by atoms with Gasteiger partial charge >= 0.3 is 0 Å². The fourth-order valence-corrected chi connectivity index (χ4v) is 3.14. The van der Waals surface area contributed by atoms with Gasteiger partial charge in [0.25, 0.3) is 0 Å². The van der Waals surface area contributed by atoms with Crippen LogP contribution in [0.2, 0.25) is 5.02 Å². The molecule has 0 bridgehead atoms. The number of nitrogens with one attached hydrogen (secondary N) is 1. The molecule has 2 aromatic heterocycles. The molecule has 3 aromatic rings. The summed E-state index contributed by atoms with van der Waals surface area (Å²) in [5.41, 5.74) is 1.81. The number of rotatable bonds is 4. The summed E-state index contributed by atoms with van der Waals surface area (Å²) >= 11 is 7.77. The Morgan fingerprint density at radius 2 is 2.20 bits per heavy atom. The van der Waals surface area contributed by atoms with E-state index in [0.717, 1.165) is 33.8 Å². The van der Waals surface area contributed by atoms with E-state index >= 15 is 0 Å². The van der Waals surface area contributed by atoms with Gasteiger partial charge in [-0.1, -0.05) is 41.1 Å². The van der Waals surface area contributed by atoms with Crippen LogP contribution in [-0.4, -0.2) is 21.1 Å². The average Bonchev–Trinajstić information content (AvgIpc) is 3.07. The quantitative estimate of drug-likeness (QED) is 0.794. The van der Waals surface area contributed by atoms with E-state index < -0.39 is 0 Å². The van der Waals surface area contributed by atoms with Gasteiger partial charge in [0.05, 0.1) is 16.9 Å². The maximum absolute atomic E-state index is 6.20. The minimum absolute atomic E-state index is 0.713. The second-order valence-electron chi connectivity index (χ2n) is 5.06. The topological polar surface area (TPSA) is 42.2 Å². The number of anilines is 1. The number of hydrogen-bond donors (Lipinski definition) is 1. The smallest absolute Gasteiger partial charge is 0.214 e. The lowest BCUT2D eigenvalue weighted by molar-refractivity contribution is 0.874. The van der Waals surface area contributed by atoms with Crippen molar-refractivity contribution in [1.29, 1.82) is 0 Å². The van der Waals surface area contributed by atoms with Crippen LogP contribution in [-0.2, 0) is 0 Å². The third-order valence-electron chi connectivity index (χ3n) is 3.43. The van der Waals surface area contributed by atoms with E-state index in [9.17, 15) is 0 Å². The molecule has 1 aliphatic carbocycles. The zero-order valence-corrected chi connectivity index (χ0v) is 12.3. The van der Waals surface area contributed by atoms with E-state index in [1.54, 1.807) is 11.3 Å². The summed E-state index contributed by atoms with van der Waals surface area (Å²) in [6, 6.07) is 7.73. The van der Waals surface area contributed by atoms with E-state index in [0.29, 0.717) is 5.02 Å². The molecule has 4 nitrogen and oxygen atoms in total. The third-order valence-corrected chi connectivity index (χ3v) is 4.64. The largest absolute Gasteiger partial charge is 0.360 e. The molecule has 0 saturated heterocycles. The Labute approximate surface area is 125 Å². The highest BCUT2D eigenvalue weighted by molar-refractivity contribution is 7.20. The van der Waals surface area contributed by atoms with Gasteiger partial charge in [0.2, 0.25) is 10.1 Å². The number of nitrogens with zero attached hydrogens (tertiary/aromatic N) is 3. The molecule has 1 saturated carbocycles. The van der Waals surface area contributed by atoms with Crippen molar-refractivity contribution in [2.75, 3.05) is 11.9 Å². The van der Waals surface area contributed by atoms with E-state index in [-0.39, 0.29) is 0 Å². The highest BCUT2D eigenvalue weighted by Crippen LogP contribution is 2.31. The Morgan fingerprint density at radius 1 is 1.35 bits per heavy atom. The van der Waals surface area contributed by atoms with Crippen molar-refractivity contribution in [3.8, 4) is 11.3 Å². The van der Waals surface area contributed by atoms with Crippen LogP contribution in [0.1, 0.15) is 12.8 Å². The summed E-state index contributed by atoms with van der Waals surface area (Å²) < 4.78 is 1.82. The first kappa shape index (κ1) is 12.2. The van der Waals surface area contributed by atoms with Crippen molar-refractivity contribution < 1.29 is 0 Å². The number of benzene rings is 1. The second kappa shape index (κ2) is 4.75. The number of halogens is 1. The molecule has 20 heavy (non-hydrogen) atoms. The van der Waals surface area contributed by atoms with Crippen molar-refractivity contribution in [2.24, 2.45) is 5.92 Å². The Kier molecular flexibility index (Phi) is 2.89. The Bertz CT molecular complexity index is 728. The molecule has 102 valence electrons. The highest BCUT2D eigenvalue weighted by atomic mass is 35.5. The second-order valence-corrected chi connectivity index (χ2v) is 6.43. The first-order valence-electron chi connectivity index (χ1n) is 6.64. The first-order valence-corrected chi connectivity index (χ1v) is 7.84. The molecule has 1 N–H and O–H groups in total. The lowest BCUT2D eigenvalue weighted by Gasteiger charge is -1.99. The van der Waals surface area contributed by atoms with E-state index in [2.05, 4.69) is 15.4 Å². The molecule has 0 amide bonds. The number of fused-ring (bicyclic) bond motifs is 1. The van der Waals surface area contributed by atoms with Crippen LogP contribution in [0.15, 0.2) is 30.5 Å². The van der Waals surface area contributed by atoms with Gasteiger partial charge in [0.15, 0.2) is 0 Å². The molecule has 0 aliphatic heterocycles. The van der Waals surface area contributed by atoms with Gasteiger partial charge in [-0.25, -0.2) is 9.50 Å². The number of hydrogen-bond acceptors (Lipinski definition) is 4. The summed E-state index contributed by atoms with van der Waals surface area (Å²) in [5.74, 6) is 0.838. The normalized spacial score (nSPS) is 14.8. The van der Waals surface area contributed by atoms with Crippen molar-refractivity contribution in [3.05, 3.63) is 35.5 Å². The monoisotopic (exact) mass is 304 g/mol. The summed E-state index contributed by atoms with van der Waals surface area (Å²) in [4.78, 5) is 5.49. The van der Waals surface area contributed by atoms with Crippen LogP contribution < -0.4 is 5.32 Å². The van der Waals surface area contributed by atoms with Gasteiger partial charge in [0, 0.05) is 12.1 Å². The SMILES string of the molecule is Clc1ccccc1-c1cn2nc(NCC3CC3)sc2n1. The fraction of sp³-hybridized carbons (Fsp3) is 0.286. The zero-order chi connectivity index (χ0) is 13.5. The van der Waals surface area contributed by atoms with Crippen LogP contribution in [0, 0.1) is 5.92 Å². The van der Waals surface area contributed by atoms with Crippen molar-refractivity contribution in [1.82, 2.24) is 14.6 Å². The maximum atomic E-state index is 6.20. The van der Waals surface area contributed by atoms with Crippen molar-refractivity contribution >= 4 is 33.0 Å². The Balaban J connectivity index is 1.63. The average molecular weight is 305 g/mol. The van der Waals surface area contributed by atoms with Crippen molar-refractivity contribution in [2.45, 2.75) is 12.8 Å². The molecular weight excluding hydrogens is 292 g/mol. The molecule has 1 fully saturated rings. The Hall–Kier alpha value is -1.59. The number of aromatic nitrogens is 3. The lowest BCUT2D eigenvalue weighted by atomic mass is 10.2. The molecule has 1 aliphatic rings. The predicted octanol–water partition coefficient (Wildman–Crippen LogP) is 3.93. The molecule has 0 atom stereocenters. The van der Waals surface area contributed by atoms with Crippen LogP contribution in [0.25, 0.3) is 16.2 Å². The lowest BCUT2D eigenvalue weighted by Crippen LogP contribution is -2.02. The van der Waals surface area contributed by atoms with E-state index in [1.807, 2.05) is 35.0 Å². The first-order chi connectivity index (χ1) is 9.79. The van der Waals surface area contributed by atoms with Crippen LogP contribution >= 0.6 is 22.9 Å². The fourth-order valence-electron chi connectivity index (χ4n) is 2.12. The van der Waals surface area contributed by atoms with Crippen molar-refractivity contribution in [3.63, 3.8) is 0 Å². The highest BCUT2D eigenvalue weighted by Gasteiger charge is 2.21. The summed E-state index contributed by atoms with van der Waals surface area (Å²) in [6.45, 7) is 1.02. The number of imidazole rings is 1. The maximum Gasteiger partial charge on any atom is 0.214 e. The third kappa shape index (κ3) is 2.27. The van der Waals surface area contributed by atoms with Crippen LogP contribution in [0.5, 0.6) is 0 Å². The van der Waals surface area contributed by atoms with Crippen LogP contribution in [0.3, 0.4) is 0 Å². The summed E-state index contributed by atoms with van der Waals surface area (Å²) in [7, 11) is 0. The molecular formula is C14H13ClN4S. The molecule has 1 aromatic carbocycles. The molecule has 2 heterocycles. The van der Waals surface area contributed by atoms with Gasteiger partial charge in [-0.05, 0) is 24.8 Å². The minimum Gasteiger partial charge on any atom is -0.360 e. The zero-order valence-electron chi connectivity index (χ0n) is 10.7. The molecule has 6 heteroatoms. The minimum atomic E-state index is 0.713. The summed E-state index contributed by atoms with van der Waals surface area (Å²) in [6.07, 6.45) is 4.60. The van der Waals surface area contributed by atoms with Gasteiger partial charge in [-0.15, -0.1) is 5.10 Å². The molecule has 0 spiro atoms. The Morgan fingerprint density at radius 3 is 2.95 bits per heavy atom. The predicted molar refractivity (Wildman–Crippen MR) is 82.5 cm³/mol. The molecule has 0 unspecified atom stereocenters. The van der Waals surface area contributed by atoms with Gasteiger partial charge in [-0.3, -0.25) is 0 Å². The van der Waals surface area contributed by atoms with E-state index in [1.165, 1.54) is 12.8 Å². The molecule has 4 rings (SSSR count). The van der Waals surface area contributed by atoms with Crippen LogP contribution in [0.4, 0.5) is 5.13 Å².